The lowest BCUT2D eigenvalue weighted by Crippen LogP contribution is -1.90. The van der Waals surface area contributed by atoms with E-state index in [0.717, 1.165) is 12.8 Å². The molecule has 0 amide bonds. The van der Waals surface area contributed by atoms with Crippen LogP contribution >= 0.6 is 23.2 Å². The standard InChI is InChI=1S/C8H14Cl2/c1-3-8(10)6-4-5-7(2)9/h4,6-8H,3,5H2,1-2H3. The molecule has 0 saturated carbocycles. The van der Waals surface area contributed by atoms with Crippen LogP contribution in [-0.4, -0.2) is 10.8 Å². The van der Waals surface area contributed by atoms with Crippen LogP contribution in [0, 0.1) is 0 Å². The Labute approximate surface area is 73.2 Å². The molecule has 0 saturated heterocycles. The van der Waals surface area contributed by atoms with Gasteiger partial charge in [-0.2, -0.15) is 0 Å². The molecule has 0 heterocycles. The van der Waals surface area contributed by atoms with E-state index < -0.39 is 0 Å². The van der Waals surface area contributed by atoms with E-state index in [9.17, 15) is 0 Å². The van der Waals surface area contributed by atoms with Gasteiger partial charge in [0.15, 0.2) is 0 Å². The van der Waals surface area contributed by atoms with Crippen molar-refractivity contribution in [1.82, 2.24) is 0 Å². The van der Waals surface area contributed by atoms with Gasteiger partial charge in [-0.15, -0.1) is 23.2 Å². The van der Waals surface area contributed by atoms with Gasteiger partial charge in [-0.1, -0.05) is 19.1 Å². The van der Waals surface area contributed by atoms with Gasteiger partial charge in [0, 0.05) is 5.38 Å². The summed E-state index contributed by atoms with van der Waals surface area (Å²) in [7, 11) is 0. The third-order valence-electron chi connectivity index (χ3n) is 1.20. The molecule has 60 valence electrons. The molecule has 0 aromatic rings. The van der Waals surface area contributed by atoms with Crippen LogP contribution in [0.5, 0.6) is 0 Å². The van der Waals surface area contributed by atoms with Crippen LogP contribution in [0.15, 0.2) is 12.2 Å². The van der Waals surface area contributed by atoms with E-state index in [1.54, 1.807) is 0 Å². The minimum Gasteiger partial charge on any atom is -0.123 e. The molecule has 0 N–H and O–H groups in total. The van der Waals surface area contributed by atoms with Gasteiger partial charge < -0.3 is 0 Å². The average molecular weight is 181 g/mol. The molecule has 2 atom stereocenters. The first-order valence-corrected chi connectivity index (χ1v) is 4.49. The molecule has 10 heavy (non-hydrogen) atoms. The molecule has 2 heteroatoms. The van der Waals surface area contributed by atoms with E-state index in [0.29, 0.717) is 0 Å². The Balaban J connectivity index is 3.36. The molecule has 2 unspecified atom stereocenters. The minimum atomic E-state index is 0.176. The number of hydrogen-bond donors (Lipinski definition) is 0. The Morgan fingerprint density at radius 3 is 2.40 bits per heavy atom. The van der Waals surface area contributed by atoms with E-state index in [1.165, 1.54) is 0 Å². The zero-order chi connectivity index (χ0) is 7.98. The number of alkyl halides is 2. The van der Waals surface area contributed by atoms with E-state index >= 15 is 0 Å². The van der Waals surface area contributed by atoms with Crippen molar-refractivity contribution in [2.45, 2.75) is 37.4 Å². The Morgan fingerprint density at radius 1 is 1.40 bits per heavy atom. The van der Waals surface area contributed by atoms with Gasteiger partial charge in [0.1, 0.15) is 0 Å². The molecule has 0 aromatic carbocycles. The molecule has 0 aromatic heterocycles. The molecule has 0 bridgehead atoms. The molecule has 0 spiro atoms. The van der Waals surface area contributed by atoms with Crippen molar-refractivity contribution in [1.29, 1.82) is 0 Å². The number of allylic oxidation sites excluding steroid dienone is 2. The van der Waals surface area contributed by atoms with Crippen molar-refractivity contribution in [3.05, 3.63) is 12.2 Å². The topological polar surface area (TPSA) is 0 Å². The Morgan fingerprint density at radius 2 is 2.00 bits per heavy atom. The summed E-state index contributed by atoms with van der Waals surface area (Å²) in [5.74, 6) is 0. The monoisotopic (exact) mass is 180 g/mol. The second-order valence-corrected chi connectivity index (χ2v) is 3.67. The molecule has 0 rings (SSSR count). The summed E-state index contributed by atoms with van der Waals surface area (Å²) in [5.41, 5.74) is 0. The van der Waals surface area contributed by atoms with Crippen molar-refractivity contribution >= 4 is 23.2 Å². The van der Waals surface area contributed by atoms with Crippen LogP contribution in [0.4, 0.5) is 0 Å². The molecular weight excluding hydrogens is 167 g/mol. The largest absolute Gasteiger partial charge is 0.123 e. The maximum atomic E-state index is 5.82. The third kappa shape index (κ3) is 6.44. The van der Waals surface area contributed by atoms with Crippen LogP contribution in [0.2, 0.25) is 0 Å². The fourth-order valence-electron chi connectivity index (χ4n) is 0.550. The quantitative estimate of drug-likeness (QED) is 0.459. The number of halogens is 2. The van der Waals surface area contributed by atoms with Crippen LogP contribution < -0.4 is 0 Å². The number of rotatable bonds is 4. The fourth-order valence-corrected chi connectivity index (χ4v) is 0.756. The van der Waals surface area contributed by atoms with E-state index in [4.69, 9.17) is 23.2 Å². The van der Waals surface area contributed by atoms with Crippen molar-refractivity contribution < 1.29 is 0 Å². The lowest BCUT2D eigenvalue weighted by molar-refractivity contribution is 0.931. The third-order valence-corrected chi connectivity index (χ3v) is 1.83. The Bertz CT molecular complexity index is 97.4. The van der Waals surface area contributed by atoms with Crippen LogP contribution in [0.3, 0.4) is 0 Å². The highest BCUT2D eigenvalue weighted by atomic mass is 35.5. The molecule has 0 fully saturated rings. The zero-order valence-electron chi connectivity index (χ0n) is 6.48. The molecule has 0 radical (unpaired) electrons. The second-order valence-electron chi connectivity index (χ2n) is 2.37. The molecule has 0 aliphatic heterocycles. The van der Waals surface area contributed by atoms with Gasteiger partial charge in [0.25, 0.3) is 0 Å². The maximum absolute atomic E-state index is 5.82. The van der Waals surface area contributed by atoms with Crippen molar-refractivity contribution in [2.75, 3.05) is 0 Å². The summed E-state index contributed by atoms with van der Waals surface area (Å²) in [6.07, 6.45) is 5.93. The van der Waals surface area contributed by atoms with Crippen molar-refractivity contribution in [3.63, 3.8) is 0 Å². The summed E-state index contributed by atoms with van der Waals surface area (Å²) in [5, 5.41) is 0.396. The first-order chi connectivity index (χ1) is 4.66. The lowest BCUT2D eigenvalue weighted by Gasteiger charge is -1.98. The van der Waals surface area contributed by atoms with Gasteiger partial charge in [-0.05, 0) is 19.8 Å². The lowest BCUT2D eigenvalue weighted by atomic mass is 10.2. The normalized spacial score (nSPS) is 17.6. The maximum Gasteiger partial charge on any atom is 0.0513 e. The summed E-state index contributed by atoms with van der Waals surface area (Å²) < 4.78 is 0. The predicted molar refractivity (Wildman–Crippen MR) is 49.0 cm³/mol. The highest BCUT2D eigenvalue weighted by Gasteiger charge is 1.94. The Hall–Kier alpha value is 0.320. The van der Waals surface area contributed by atoms with Gasteiger partial charge in [-0.3, -0.25) is 0 Å². The minimum absolute atomic E-state index is 0.176. The fraction of sp³-hybridized carbons (Fsp3) is 0.750. The highest BCUT2D eigenvalue weighted by Crippen LogP contribution is 2.06. The average Bonchev–Trinajstić information content (AvgIpc) is 1.87. The first kappa shape index (κ1) is 10.3. The van der Waals surface area contributed by atoms with Crippen molar-refractivity contribution in [3.8, 4) is 0 Å². The van der Waals surface area contributed by atoms with Gasteiger partial charge in [0.05, 0.1) is 5.38 Å². The Kier molecular flexibility index (Phi) is 6.25. The summed E-state index contributed by atoms with van der Waals surface area (Å²) in [4.78, 5) is 0. The van der Waals surface area contributed by atoms with Gasteiger partial charge in [0.2, 0.25) is 0 Å². The highest BCUT2D eigenvalue weighted by molar-refractivity contribution is 6.21. The van der Waals surface area contributed by atoms with Gasteiger partial charge in [-0.25, -0.2) is 0 Å². The van der Waals surface area contributed by atoms with E-state index in [1.807, 2.05) is 19.1 Å². The molecule has 0 nitrogen and oxygen atoms in total. The number of hydrogen-bond acceptors (Lipinski definition) is 0. The summed E-state index contributed by atoms with van der Waals surface area (Å²) in [6, 6.07) is 0. The van der Waals surface area contributed by atoms with E-state index in [2.05, 4.69) is 6.92 Å². The first-order valence-electron chi connectivity index (χ1n) is 3.61. The van der Waals surface area contributed by atoms with Gasteiger partial charge >= 0.3 is 0 Å². The zero-order valence-corrected chi connectivity index (χ0v) is 7.99. The SMILES string of the molecule is CCC(Cl)C=CCC(C)Cl. The molecule has 0 aliphatic carbocycles. The van der Waals surface area contributed by atoms with Crippen LogP contribution in [0.25, 0.3) is 0 Å². The molecule has 0 aliphatic rings. The van der Waals surface area contributed by atoms with Crippen molar-refractivity contribution in [2.24, 2.45) is 0 Å². The van der Waals surface area contributed by atoms with Crippen LogP contribution in [-0.2, 0) is 0 Å². The predicted octanol–water partition coefficient (Wildman–Crippen LogP) is 3.58. The smallest absolute Gasteiger partial charge is 0.0513 e. The second kappa shape index (κ2) is 6.06. The van der Waals surface area contributed by atoms with E-state index in [-0.39, 0.29) is 10.8 Å². The van der Waals surface area contributed by atoms with Crippen LogP contribution in [0.1, 0.15) is 26.7 Å². The summed E-state index contributed by atoms with van der Waals surface area (Å²) >= 11 is 11.5. The summed E-state index contributed by atoms with van der Waals surface area (Å²) in [6.45, 7) is 4.03. The molecular formula is C8H14Cl2.